The van der Waals surface area contributed by atoms with E-state index in [-0.39, 0.29) is 61.3 Å². The monoisotopic (exact) mass is 558 g/mol. The number of oxime groups is 1. The number of thiazole rings is 1. The minimum atomic E-state index is -1.30. The summed E-state index contributed by atoms with van der Waals surface area (Å²) in [5, 5.41) is 31.5. The Morgan fingerprint density at radius 3 is 2.55 bits per heavy atom. The van der Waals surface area contributed by atoms with Gasteiger partial charge in [-0.25, -0.2) is 9.78 Å². The molecule has 4 rings (SSSR count). The van der Waals surface area contributed by atoms with Crippen molar-refractivity contribution < 1.29 is 24.7 Å². The minimum absolute atomic E-state index is 0. The van der Waals surface area contributed by atoms with Gasteiger partial charge in [-0.1, -0.05) is 51.2 Å². The van der Waals surface area contributed by atoms with Crippen LogP contribution in [0.25, 0.3) is 0 Å². The number of nitrogens with two attached hydrogens (primary N) is 2. The van der Waals surface area contributed by atoms with Crippen molar-refractivity contribution in [3.63, 3.8) is 0 Å². The summed E-state index contributed by atoms with van der Waals surface area (Å²) in [4.78, 5) is 42.6. The van der Waals surface area contributed by atoms with Crippen LogP contribution in [0.1, 0.15) is 5.69 Å². The van der Waals surface area contributed by atoms with Crippen molar-refractivity contribution in [2.45, 2.75) is 15.8 Å². The number of nitrogens with zero attached hydrogens (tertiary/aromatic N) is 5. The number of halogens is 1. The van der Waals surface area contributed by atoms with E-state index < -0.39 is 34.9 Å². The first-order chi connectivity index (χ1) is 15.2. The number of anilines is 2. The molecule has 2 amide bonds. The van der Waals surface area contributed by atoms with Crippen LogP contribution in [0.15, 0.2) is 20.1 Å². The molecule has 2 aromatic rings. The van der Waals surface area contributed by atoms with Gasteiger partial charge in [0, 0.05) is 10.7 Å². The van der Waals surface area contributed by atoms with Crippen molar-refractivity contribution in [3.8, 4) is 0 Å². The first kappa shape index (κ1) is 26.0. The summed E-state index contributed by atoms with van der Waals surface area (Å²) in [7, 11) is 0. The molecule has 13 nitrogen and oxygen atoms in total. The Balaban J connectivity index is 0.00000306. The number of nitrogens with one attached hydrogen (secondary N) is 1. The molecule has 0 aromatic carbocycles. The third-order valence-electron chi connectivity index (χ3n) is 4.20. The zero-order valence-electron chi connectivity index (χ0n) is 15.4. The van der Waals surface area contributed by atoms with E-state index >= 15 is 0 Å². The number of aliphatic carboxylic acids is 1. The second-order valence-electron chi connectivity index (χ2n) is 6.07. The van der Waals surface area contributed by atoms with Gasteiger partial charge in [-0.3, -0.25) is 14.5 Å². The Morgan fingerprint density at radius 1 is 1.27 bits per heavy atom. The second-order valence-corrected chi connectivity index (χ2v) is 11.2. The predicted octanol–water partition coefficient (Wildman–Crippen LogP) is -0.169. The molecule has 1 unspecified atom stereocenters. The van der Waals surface area contributed by atoms with Gasteiger partial charge in [-0.2, -0.15) is 0 Å². The molecule has 2 atom stereocenters. The normalized spacial score (nSPS) is 20.1. The molecule has 1 saturated heterocycles. The summed E-state index contributed by atoms with van der Waals surface area (Å²) in [6.45, 7) is 0. The van der Waals surface area contributed by atoms with Crippen LogP contribution in [0.3, 0.4) is 0 Å². The topological polar surface area (TPSA) is 210 Å². The zero-order valence-corrected chi connectivity index (χ0v) is 19.4. The molecular formula is C14H12ClN8NaO5S4. The van der Waals surface area contributed by atoms with Crippen LogP contribution in [-0.2, 0) is 14.4 Å². The van der Waals surface area contributed by atoms with Crippen LogP contribution in [0, 0.1) is 0 Å². The summed E-state index contributed by atoms with van der Waals surface area (Å²) in [6.07, 6.45) is 0. The number of β-lactam (4-membered cyclic amide) rings is 1. The number of carboxylic acids is 1. The van der Waals surface area contributed by atoms with Gasteiger partial charge in [0.25, 0.3) is 11.8 Å². The van der Waals surface area contributed by atoms with E-state index in [2.05, 4.69) is 25.7 Å². The fourth-order valence-corrected chi connectivity index (χ4v) is 7.11. The number of carbonyl (C=O) groups excluding carboxylic acids is 2. The summed E-state index contributed by atoms with van der Waals surface area (Å²) in [6, 6.07) is -1.04. The molecule has 19 heteroatoms. The van der Waals surface area contributed by atoms with E-state index in [1.807, 2.05) is 0 Å². The van der Waals surface area contributed by atoms with Crippen molar-refractivity contribution in [1.82, 2.24) is 25.4 Å². The van der Waals surface area contributed by atoms with Crippen molar-refractivity contribution in [2.24, 2.45) is 5.16 Å². The summed E-state index contributed by atoms with van der Waals surface area (Å²) in [5.41, 5.74) is 10.3. The fourth-order valence-electron chi connectivity index (χ4n) is 2.91. The molecule has 0 spiro atoms. The van der Waals surface area contributed by atoms with Crippen LogP contribution in [-0.4, -0.2) is 101 Å². The molecule has 1 fully saturated rings. The molecule has 2 aliphatic heterocycles. The van der Waals surface area contributed by atoms with Gasteiger partial charge < -0.3 is 27.1 Å². The Morgan fingerprint density at radius 2 is 2.00 bits per heavy atom. The number of rotatable bonds is 6. The Hall–Kier alpha value is -1.60. The maximum atomic E-state index is 12.8. The number of hydrogen-bond acceptors (Lipinski definition) is 14. The van der Waals surface area contributed by atoms with Crippen LogP contribution >= 0.6 is 57.8 Å². The number of thioether (sulfide) groups is 2. The molecule has 0 radical (unpaired) electrons. The number of fused-ring (bicyclic) bond motifs is 1. The van der Waals surface area contributed by atoms with Crippen molar-refractivity contribution in [1.29, 1.82) is 0 Å². The molecule has 4 heterocycles. The molecule has 0 saturated carbocycles. The summed E-state index contributed by atoms with van der Waals surface area (Å²) < 4.78 is 0.477. The second kappa shape index (κ2) is 10.3. The van der Waals surface area contributed by atoms with Gasteiger partial charge in [-0.15, -0.1) is 22.0 Å². The molecule has 2 aliphatic rings. The van der Waals surface area contributed by atoms with E-state index in [0.717, 1.165) is 39.3 Å². The predicted molar refractivity (Wildman–Crippen MR) is 127 cm³/mol. The number of nitrogen functional groups attached to an aromatic ring is 2. The van der Waals surface area contributed by atoms with Crippen molar-refractivity contribution >= 4 is 121 Å². The van der Waals surface area contributed by atoms with Gasteiger partial charge in [0.2, 0.25) is 5.13 Å². The van der Waals surface area contributed by atoms with Crippen LogP contribution in [0.4, 0.5) is 10.3 Å². The SMILES string of the molecule is Nc1nnc(SC2=C(C(=O)O)N3C(=O)[C@@H](NC(=O)C(=NO)c4nc(N)sc4Cl)C3SC2)s1.[NaH]. The van der Waals surface area contributed by atoms with Gasteiger partial charge >= 0.3 is 35.5 Å². The van der Waals surface area contributed by atoms with E-state index in [1.54, 1.807) is 0 Å². The molecule has 0 bridgehead atoms. The third kappa shape index (κ3) is 4.95. The molecule has 170 valence electrons. The quantitative estimate of drug-likeness (QED) is 0.103. The van der Waals surface area contributed by atoms with Gasteiger partial charge in [0.05, 0.1) is 0 Å². The fraction of sp³-hybridized carbons (Fsp3) is 0.214. The summed E-state index contributed by atoms with van der Waals surface area (Å²) in [5.74, 6) is -2.59. The maximum absolute atomic E-state index is 12.8. The summed E-state index contributed by atoms with van der Waals surface area (Å²) >= 11 is 10.3. The third-order valence-corrected chi connectivity index (χ3v) is 8.63. The molecule has 0 aliphatic carbocycles. The van der Waals surface area contributed by atoms with Crippen LogP contribution in [0.2, 0.25) is 4.34 Å². The van der Waals surface area contributed by atoms with Gasteiger partial charge in [-0.05, 0) is 0 Å². The van der Waals surface area contributed by atoms with E-state index in [1.165, 1.54) is 11.8 Å². The van der Waals surface area contributed by atoms with E-state index in [9.17, 15) is 24.7 Å². The average molecular weight is 559 g/mol. The van der Waals surface area contributed by atoms with E-state index in [0.29, 0.717) is 9.24 Å². The Kier molecular flexibility index (Phi) is 8.15. The first-order valence-corrected chi connectivity index (χ1v) is 12.2. The van der Waals surface area contributed by atoms with Crippen molar-refractivity contribution in [3.05, 3.63) is 20.6 Å². The standard InChI is InChI=1S/C14H11ClN8O5S4.Na.H/c15-7-3(19-12(16)31-7)4(22-28)8(24)18-5-9(25)23-6(11(26)27)2(1-29-10(5)23)30-14-21-20-13(17)32-14;;/h5,10,28H,1H2,(H2,16,19)(H2,17,20)(H,18,24)(H,26,27);;/t5-,10?;;/m1../s1. The van der Waals surface area contributed by atoms with Crippen molar-refractivity contribution in [2.75, 3.05) is 17.2 Å². The van der Waals surface area contributed by atoms with Gasteiger partial charge in [0.1, 0.15) is 27.1 Å². The number of carboxylic acid groups (broad SMARTS) is 1. The molecular weight excluding hydrogens is 547 g/mol. The number of hydrogen-bond donors (Lipinski definition) is 5. The molecule has 7 N–H and O–H groups in total. The van der Waals surface area contributed by atoms with Crippen LogP contribution in [0.5, 0.6) is 0 Å². The first-order valence-electron chi connectivity index (χ1n) is 8.34. The number of carbonyl (C=O) groups is 3. The Bertz CT molecular complexity index is 1200. The average Bonchev–Trinajstić information content (AvgIpc) is 3.30. The molecule has 2 aromatic heterocycles. The van der Waals surface area contributed by atoms with Gasteiger partial charge in [0.15, 0.2) is 15.2 Å². The molecule has 33 heavy (non-hydrogen) atoms. The zero-order chi connectivity index (χ0) is 23.2. The van der Waals surface area contributed by atoms with E-state index in [4.69, 9.17) is 23.1 Å². The number of amides is 2. The Labute approximate surface area is 228 Å². The van der Waals surface area contributed by atoms with Crippen LogP contribution < -0.4 is 16.8 Å². The number of aromatic nitrogens is 3.